The number of nitrogens with zero attached hydrogens (tertiary/aromatic N) is 1. The Labute approximate surface area is 353 Å². The van der Waals surface area contributed by atoms with Crippen LogP contribution in [-0.2, 0) is 77.8 Å². The average Bonchev–Trinajstić information content (AvgIpc) is 3.79. The van der Waals surface area contributed by atoms with Gasteiger partial charge in [0, 0.05) is 40.8 Å². The number of fused-ring (bicyclic) bond motifs is 5. The topological polar surface area (TPSA) is 286 Å². The fourth-order valence-electron chi connectivity index (χ4n) is 9.53. The molecular formula is C41H47NO20. The van der Waals surface area contributed by atoms with E-state index in [2.05, 4.69) is 4.98 Å². The Morgan fingerprint density at radius 3 is 2.00 bits per heavy atom. The lowest BCUT2D eigenvalue weighted by atomic mass is 9.45. The molecule has 2 aromatic heterocycles. The normalized spacial score (nSPS) is 36.3. The van der Waals surface area contributed by atoms with Crippen molar-refractivity contribution in [3.05, 3.63) is 53.7 Å². The van der Waals surface area contributed by atoms with Gasteiger partial charge in [0.1, 0.15) is 48.3 Å². The molecule has 0 aromatic carbocycles. The van der Waals surface area contributed by atoms with E-state index in [0.717, 1.165) is 61.0 Å². The number of rotatable bonds is 8. The largest absolute Gasteiger partial charge is 0.472 e. The van der Waals surface area contributed by atoms with Gasteiger partial charge in [-0.25, -0.2) is 14.4 Å². The number of furan rings is 1. The molecule has 4 heterocycles. The molecule has 2 saturated carbocycles. The maximum absolute atomic E-state index is 14.4. The molecule has 4 bridgehead atoms. The minimum atomic E-state index is -3.00. The zero-order valence-electron chi connectivity index (χ0n) is 35.0. The van der Waals surface area contributed by atoms with Crippen LogP contribution in [0.25, 0.3) is 0 Å². The predicted molar refractivity (Wildman–Crippen MR) is 199 cm³/mol. The summed E-state index contributed by atoms with van der Waals surface area (Å²) in [4.78, 5) is 113. The molecule has 21 heteroatoms. The Hall–Kier alpha value is -5.93. The molecule has 1 spiro atoms. The van der Waals surface area contributed by atoms with Crippen molar-refractivity contribution >= 4 is 47.8 Å². The maximum Gasteiger partial charge on any atom is 0.341 e. The van der Waals surface area contributed by atoms with Crippen LogP contribution in [-0.4, -0.2) is 135 Å². The SMILES string of the molecule is CC(=O)OC[C@]12[C@H](OC(C)=O)[C@H](OC(C)=O)[C@@H]3[C@@H](OC(C)=O)[C@@]14O[C@@]3(C)COC(=O)c1cccnc1CC[C@@](C)(O)C(=O)O[C@@H]([C@H](OC(=O)c1ccoc1)[C@@H]2OC(C)=O)[C@@]4(C)O. The zero-order chi connectivity index (χ0) is 45.7. The molecular weight excluding hydrogens is 826 g/mol. The molecule has 2 aliphatic carbocycles. The second kappa shape index (κ2) is 16.4. The number of cyclic esters (lactones) is 1. The first-order chi connectivity index (χ1) is 28.9. The van der Waals surface area contributed by atoms with E-state index in [-0.39, 0.29) is 23.2 Å². The molecule has 0 amide bonds. The number of carbonyl (C=O) groups excluding carboxylic acids is 8. The van der Waals surface area contributed by atoms with Gasteiger partial charge in [0.15, 0.2) is 35.6 Å². The van der Waals surface area contributed by atoms with E-state index in [0.29, 0.717) is 0 Å². The summed E-state index contributed by atoms with van der Waals surface area (Å²) in [6.07, 6.45) is -10.1. The fraction of sp³-hybridized carbons (Fsp3) is 0.585. The lowest BCUT2D eigenvalue weighted by Crippen LogP contribution is -2.89. The van der Waals surface area contributed by atoms with E-state index >= 15 is 0 Å². The number of hydrogen-bond donors (Lipinski definition) is 2. The van der Waals surface area contributed by atoms with Crippen molar-refractivity contribution in [1.82, 2.24) is 4.98 Å². The maximum atomic E-state index is 14.4. The van der Waals surface area contributed by atoms with Gasteiger partial charge in [-0.1, -0.05) is 0 Å². The number of esters is 8. The van der Waals surface area contributed by atoms with Crippen LogP contribution in [0.4, 0.5) is 0 Å². The standard InChI is InChI=1S/C41H47NO20/c1-19(43)54-18-40-32(58-22(4)46)28(56-20(2)44)27-30(57-21(3)45)41(40)39(8,52)31(29(33(40)59-23(5)47)60-34(48)24-12-15-53-16-24)61-36(50)37(6,51)13-11-26-25(10-9-14-42-26)35(49)55-17-38(27,7)62-41/h9-10,12,14-16,27-33,51-52H,11,13,17-18H2,1-8H3/t27-,28-,29+,30-,31+,32-,33+,37-,38+,39-,40-,41+/m1/s1. The van der Waals surface area contributed by atoms with Gasteiger partial charge in [-0.3, -0.25) is 29.0 Å². The molecule has 62 heavy (non-hydrogen) atoms. The van der Waals surface area contributed by atoms with E-state index < -0.39 is 138 Å². The molecule has 2 aliphatic heterocycles. The van der Waals surface area contributed by atoms with Crippen LogP contribution in [0.1, 0.15) is 88.2 Å². The molecule has 4 aliphatic rings. The van der Waals surface area contributed by atoms with Crippen LogP contribution in [0.3, 0.4) is 0 Å². The van der Waals surface area contributed by atoms with Crippen molar-refractivity contribution in [1.29, 1.82) is 0 Å². The van der Waals surface area contributed by atoms with Crippen molar-refractivity contribution in [2.45, 2.75) is 127 Å². The molecule has 2 aromatic rings. The molecule has 6 rings (SSSR count). The molecule has 1 saturated heterocycles. The minimum Gasteiger partial charge on any atom is -0.472 e. The van der Waals surface area contributed by atoms with Gasteiger partial charge in [0.25, 0.3) is 0 Å². The lowest BCUT2D eigenvalue weighted by Gasteiger charge is -2.67. The zero-order valence-corrected chi connectivity index (χ0v) is 35.0. The van der Waals surface area contributed by atoms with Gasteiger partial charge >= 0.3 is 47.8 Å². The highest BCUT2D eigenvalue weighted by Gasteiger charge is 2.92. The number of ether oxygens (including phenoxy) is 9. The van der Waals surface area contributed by atoms with Crippen LogP contribution >= 0.6 is 0 Å². The molecule has 0 radical (unpaired) electrons. The molecule has 21 nitrogen and oxygen atoms in total. The average molecular weight is 874 g/mol. The van der Waals surface area contributed by atoms with Crippen LogP contribution in [0.5, 0.6) is 0 Å². The number of pyridine rings is 1. The van der Waals surface area contributed by atoms with Gasteiger partial charge in [-0.15, -0.1) is 0 Å². The van der Waals surface area contributed by atoms with Gasteiger partial charge in [0.2, 0.25) is 0 Å². The highest BCUT2D eigenvalue weighted by Crippen LogP contribution is 2.70. The molecule has 0 unspecified atom stereocenters. The molecule has 3 fully saturated rings. The van der Waals surface area contributed by atoms with Crippen LogP contribution in [0, 0.1) is 11.3 Å². The third kappa shape index (κ3) is 7.54. The lowest BCUT2D eigenvalue weighted by molar-refractivity contribution is -0.386. The van der Waals surface area contributed by atoms with Crippen molar-refractivity contribution in [2.24, 2.45) is 11.3 Å². The Kier molecular flexibility index (Phi) is 12.1. The number of carbonyl (C=O) groups is 8. The summed E-state index contributed by atoms with van der Waals surface area (Å²) in [5, 5.41) is 25.3. The first-order valence-corrected chi connectivity index (χ1v) is 19.5. The number of hydrogen-bond acceptors (Lipinski definition) is 21. The van der Waals surface area contributed by atoms with Crippen molar-refractivity contribution in [2.75, 3.05) is 13.2 Å². The summed E-state index contributed by atoms with van der Waals surface area (Å²) in [6, 6.07) is 3.99. The fourth-order valence-corrected chi connectivity index (χ4v) is 9.53. The summed E-state index contributed by atoms with van der Waals surface area (Å²) >= 11 is 0. The van der Waals surface area contributed by atoms with E-state index in [4.69, 9.17) is 47.0 Å². The Balaban J connectivity index is 1.79. The highest BCUT2D eigenvalue weighted by atomic mass is 16.7. The third-order valence-electron chi connectivity index (χ3n) is 11.9. The third-order valence-corrected chi connectivity index (χ3v) is 11.9. The first kappa shape index (κ1) is 45.6. The van der Waals surface area contributed by atoms with Gasteiger partial charge in [0.05, 0.1) is 29.0 Å². The van der Waals surface area contributed by atoms with Crippen molar-refractivity contribution in [3.8, 4) is 0 Å². The molecule has 336 valence electrons. The van der Waals surface area contributed by atoms with Crippen LogP contribution < -0.4 is 0 Å². The smallest absolute Gasteiger partial charge is 0.341 e. The summed E-state index contributed by atoms with van der Waals surface area (Å²) < 4.78 is 59.6. The van der Waals surface area contributed by atoms with E-state index in [1.165, 1.54) is 31.3 Å². The Morgan fingerprint density at radius 1 is 0.806 bits per heavy atom. The summed E-state index contributed by atoms with van der Waals surface area (Å²) in [6.45, 7) is 6.25. The van der Waals surface area contributed by atoms with Crippen LogP contribution in [0.2, 0.25) is 0 Å². The van der Waals surface area contributed by atoms with Gasteiger partial charge in [-0.2, -0.15) is 0 Å². The number of aliphatic hydroxyl groups is 2. The van der Waals surface area contributed by atoms with E-state index in [1.54, 1.807) is 0 Å². The second-order valence-corrected chi connectivity index (χ2v) is 16.4. The number of aromatic nitrogens is 1. The molecule has 12 atom stereocenters. The summed E-state index contributed by atoms with van der Waals surface area (Å²) in [5.74, 6) is -10.7. The Morgan fingerprint density at radius 2 is 1.42 bits per heavy atom. The number of aryl methyl sites for hydroxylation is 1. The van der Waals surface area contributed by atoms with Crippen LogP contribution in [0.15, 0.2) is 41.3 Å². The highest BCUT2D eigenvalue weighted by molar-refractivity contribution is 5.91. The summed E-state index contributed by atoms with van der Waals surface area (Å²) in [5.41, 5.74) is -13.5. The summed E-state index contributed by atoms with van der Waals surface area (Å²) in [7, 11) is 0. The van der Waals surface area contributed by atoms with Gasteiger partial charge in [-0.05, 0) is 51.8 Å². The predicted octanol–water partition coefficient (Wildman–Crippen LogP) is 0.864. The van der Waals surface area contributed by atoms with E-state index in [9.17, 15) is 48.6 Å². The van der Waals surface area contributed by atoms with Crippen molar-refractivity contribution < 1.29 is 95.6 Å². The van der Waals surface area contributed by atoms with Crippen molar-refractivity contribution in [3.63, 3.8) is 0 Å². The van der Waals surface area contributed by atoms with E-state index in [1.807, 2.05) is 0 Å². The second-order valence-electron chi connectivity index (χ2n) is 16.4. The van der Waals surface area contributed by atoms with Gasteiger partial charge < -0.3 is 57.3 Å². The Bertz CT molecular complexity index is 2150. The minimum absolute atomic E-state index is 0.0776. The monoisotopic (exact) mass is 873 g/mol. The first-order valence-electron chi connectivity index (χ1n) is 19.5. The molecule has 2 N–H and O–H groups in total. The quantitative estimate of drug-likeness (QED) is 0.275.